The summed E-state index contributed by atoms with van der Waals surface area (Å²) in [5.74, 6) is 0.771. The molecule has 3 nitrogen and oxygen atoms in total. The smallest absolute Gasteiger partial charge is 0.133 e. The third-order valence-corrected chi connectivity index (χ3v) is 3.14. The highest BCUT2D eigenvalue weighted by atomic mass is 79.9. The standard InChI is InChI=1S/C12H16BrNO2.ClH/c13-11-3-1-2-4-12(11)16-8-10(15)7-14-9-5-6-9;/h1-4,9-10,14-15H,5-8H2;1H. The predicted octanol–water partition coefficient (Wildman–Crippen LogP) is 2.36. The quantitative estimate of drug-likeness (QED) is 0.845. The summed E-state index contributed by atoms with van der Waals surface area (Å²) in [6, 6.07) is 8.27. The molecule has 1 atom stereocenters. The van der Waals surface area contributed by atoms with Crippen molar-refractivity contribution in [3.63, 3.8) is 0 Å². The number of nitrogens with one attached hydrogen (secondary N) is 1. The van der Waals surface area contributed by atoms with Crippen molar-refractivity contribution in [2.24, 2.45) is 0 Å². The van der Waals surface area contributed by atoms with Crippen LogP contribution < -0.4 is 10.1 Å². The Labute approximate surface area is 116 Å². The van der Waals surface area contributed by atoms with Crippen molar-refractivity contribution >= 4 is 28.3 Å². The number of halogens is 2. The topological polar surface area (TPSA) is 41.5 Å². The monoisotopic (exact) mass is 321 g/mol. The lowest BCUT2D eigenvalue weighted by atomic mass is 10.3. The van der Waals surface area contributed by atoms with E-state index in [2.05, 4.69) is 21.2 Å². The summed E-state index contributed by atoms with van der Waals surface area (Å²) in [6.45, 7) is 0.928. The summed E-state index contributed by atoms with van der Waals surface area (Å²) in [4.78, 5) is 0. The van der Waals surface area contributed by atoms with E-state index in [1.807, 2.05) is 24.3 Å². The highest BCUT2D eigenvalue weighted by Gasteiger charge is 2.21. The molecular weight excluding hydrogens is 305 g/mol. The van der Waals surface area contributed by atoms with Crippen molar-refractivity contribution in [3.8, 4) is 5.75 Å². The summed E-state index contributed by atoms with van der Waals surface area (Å²) in [5, 5.41) is 12.9. The molecule has 2 rings (SSSR count). The van der Waals surface area contributed by atoms with Gasteiger partial charge in [-0.2, -0.15) is 0 Å². The number of ether oxygens (including phenoxy) is 1. The van der Waals surface area contributed by atoms with Gasteiger partial charge in [0.1, 0.15) is 18.5 Å². The van der Waals surface area contributed by atoms with Crippen LogP contribution in [-0.4, -0.2) is 30.4 Å². The number of aliphatic hydroxyl groups is 1. The molecule has 1 saturated carbocycles. The fraction of sp³-hybridized carbons (Fsp3) is 0.500. The van der Waals surface area contributed by atoms with Gasteiger partial charge in [-0.1, -0.05) is 12.1 Å². The molecule has 1 aromatic rings. The lowest BCUT2D eigenvalue weighted by Gasteiger charge is -2.13. The van der Waals surface area contributed by atoms with Gasteiger partial charge < -0.3 is 15.2 Å². The minimum absolute atomic E-state index is 0. The molecule has 1 unspecified atom stereocenters. The summed E-state index contributed by atoms with van der Waals surface area (Å²) >= 11 is 3.40. The molecule has 1 aromatic carbocycles. The van der Waals surface area contributed by atoms with Crippen LogP contribution >= 0.6 is 28.3 Å². The maximum Gasteiger partial charge on any atom is 0.133 e. The van der Waals surface area contributed by atoms with Gasteiger partial charge in [-0.3, -0.25) is 0 Å². The first-order chi connectivity index (χ1) is 7.75. The van der Waals surface area contributed by atoms with Crippen LogP contribution in [0.3, 0.4) is 0 Å². The van der Waals surface area contributed by atoms with Crippen LogP contribution in [0.5, 0.6) is 5.75 Å². The number of rotatable bonds is 6. The predicted molar refractivity (Wildman–Crippen MR) is 73.9 cm³/mol. The number of hydrogen-bond donors (Lipinski definition) is 2. The Morgan fingerprint density at radius 3 is 2.76 bits per heavy atom. The zero-order chi connectivity index (χ0) is 11.4. The molecule has 1 aliphatic carbocycles. The highest BCUT2D eigenvalue weighted by molar-refractivity contribution is 9.10. The summed E-state index contributed by atoms with van der Waals surface area (Å²) in [5.41, 5.74) is 0. The Morgan fingerprint density at radius 2 is 2.12 bits per heavy atom. The zero-order valence-corrected chi connectivity index (χ0v) is 11.8. The second-order valence-electron chi connectivity index (χ2n) is 4.08. The summed E-state index contributed by atoms with van der Waals surface area (Å²) in [7, 11) is 0. The first-order valence-corrected chi connectivity index (χ1v) is 6.34. The molecule has 0 saturated heterocycles. The molecule has 0 amide bonds. The van der Waals surface area contributed by atoms with Gasteiger partial charge >= 0.3 is 0 Å². The van der Waals surface area contributed by atoms with Gasteiger partial charge in [-0.25, -0.2) is 0 Å². The van der Waals surface area contributed by atoms with E-state index in [0.717, 1.165) is 10.2 Å². The van der Waals surface area contributed by atoms with Gasteiger partial charge in [0.25, 0.3) is 0 Å². The van der Waals surface area contributed by atoms with Crippen LogP contribution in [-0.2, 0) is 0 Å². The fourth-order valence-corrected chi connectivity index (χ4v) is 1.80. The second kappa shape index (κ2) is 7.21. The van der Waals surface area contributed by atoms with E-state index < -0.39 is 6.10 Å². The first kappa shape index (κ1) is 14.8. The number of aliphatic hydroxyl groups excluding tert-OH is 1. The average Bonchev–Trinajstić information content (AvgIpc) is 3.09. The van der Waals surface area contributed by atoms with Crippen molar-refractivity contribution < 1.29 is 9.84 Å². The van der Waals surface area contributed by atoms with Crippen molar-refractivity contribution in [1.82, 2.24) is 5.32 Å². The third-order valence-electron chi connectivity index (χ3n) is 2.49. The van der Waals surface area contributed by atoms with Crippen LogP contribution in [0, 0.1) is 0 Å². The number of benzene rings is 1. The lowest BCUT2D eigenvalue weighted by Crippen LogP contribution is -2.32. The van der Waals surface area contributed by atoms with Crippen LogP contribution in [0.25, 0.3) is 0 Å². The van der Waals surface area contributed by atoms with Gasteiger partial charge in [0.05, 0.1) is 4.47 Å². The minimum Gasteiger partial charge on any atom is -0.490 e. The van der Waals surface area contributed by atoms with Crippen LogP contribution in [0.15, 0.2) is 28.7 Å². The van der Waals surface area contributed by atoms with Crippen molar-refractivity contribution in [3.05, 3.63) is 28.7 Å². The van der Waals surface area contributed by atoms with E-state index in [-0.39, 0.29) is 12.4 Å². The van der Waals surface area contributed by atoms with E-state index in [0.29, 0.717) is 19.2 Å². The van der Waals surface area contributed by atoms with E-state index in [1.165, 1.54) is 12.8 Å². The zero-order valence-electron chi connectivity index (χ0n) is 9.43. The van der Waals surface area contributed by atoms with Gasteiger partial charge in [-0.15, -0.1) is 12.4 Å². The Bertz CT molecular complexity index is 347. The van der Waals surface area contributed by atoms with E-state index in [1.54, 1.807) is 0 Å². The van der Waals surface area contributed by atoms with Crippen LogP contribution in [0.1, 0.15) is 12.8 Å². The Balaban J connectivity index is 0.00000144. The Hall–Kier alpha value is -0.290. The molecule has 2 N–H and O–H groups in total. The van der Waals surface area contributed by atoms with Crippen molar-refractivity contribution in [2.45, 2.75) is 25.0 Å². The van der Waals surface area contributed by atoms with Crippen LogP contribution in [0.2, 0.25) is 0 Å². The molecule has 0 radical (unpaired) electrons. The van der Waals surface area contributed by atoms with Crippen molar-refractivity contribution in [1.29, 1.82) is 0 Å². The molecule has 0 bridgehead atoms. The molecule has 1 fully saturated rings. The van der Waals surface area contributed by atoms with E-state index in [4.69, 9.17) is 4.74 Å². The minimum atomic E-state index is -0.451. The third kappa shape index (κ3) is 5.25. The lowest BCUT2D eigenvalue weighted by molar-refractivity contribution is 0.106. The van der Waals surface area contributed by atoms with Gasteiger partial charge in [0.2, 0.25) is 0 Å². The Kier molecular flexibility index (Phi) is 6.27. The van der Waals surface area contributed by atoms with Gasteiger partial charge in [0.15, 0.2) is 0 Å². The van der Waals surface area contributed by atoms with Gasteiger partial charge in [-0.05, 0) is 40.9 Å². The van der Waals surface area contributed by atoms with Crippen molar-refractivity contribution in [2.75, 3.05) is 13.2 Å². The highest BCUT2D eigenvalue weighted by Crippen LogP contribution is 2.23. The number of hydrogen-bond acceptors (Lipinski definition) is 3. The largest absolute Gasteiger partial charge is 0.490 e. The molecule has 1 aliphatic rings. The maximum atomic E-state index is 9.68. The SMILES string of the molecule is Cl.OC(CNC1CC1)COc1ccccc1Br. The van der Waals surface area contributed by atoms with Gasteiger partial charge in [0, 0.05) is 12.6 Å². The fourth-order valence-electron chi connectivity index (χ4n) is 1.40. The maximum absolute atomic E-state index is 9.68. The molecule has 0 aliphatic heterocycles. The normalized spacial score (nSPS) is 16.1. The average molecular weight is 323 g/mol. The molecule has 0 spiro atoms. The molecule has 5 heteroatoms. The molecule has 96 valence electrons. The second-order valence-corrected chi connectivity index (χ2v) is 4.93. The molecule has 0 aromatic heterocycles. The summed E-state index contributed by atoms with van der Waals surface area (Å²) in [6.07, 6.45) is 2.02. The number of para-hydroxylation sites is 1. The summed E-state index contributed by atoms with van der Waals surface area (Å²) < 4.78 is 6.43. The van der Waals surface area contributed by atoms with E-state index >= 15 is 0 Å². The molecular formula is C12H17BrClNO2. The molecule has 0 heterocycles. The van der Waals surface area contributed by atoms with Crippen LogP contribution in [0.4, 0.5) is 0 Å². The first-order valence-electron chi connectivity index (χ1n) is 5.54. The Morgan fingerprint density at radius 1 is 1.41 bits per heavy atom. The van der Waals surface area contributed by atoms with E-state index in [9.17, 15) is 5.11 Å². The molecule has 17 heavy (non-hydrogen) atoms.